The van der Waals surface area contributed by atoms with E-state index >= 15 is 0 Å². The summed E-state index contributed by atoms with van der Waals surface area (Å²) in [5.41, 5.74) is 1.32. The molecule has 5 nitrogen and oxygen atoms in total. The molecular formula is C19H32FN3O2Si. The number of fused-ring (bicyclic) bond motifs is 1. The van der Waals surface area contributed by atoms with Crippen LogP contribution in [0.4, 0.5) is 4.39 Å². The molecule has 0 unspecified atom stereocenters. The van der Waals surface area contributed by atoms with Crippen molar-refractivity contribution in [1.29, 1.82) is 0 Å². The first-order valence-electron chi connectivity index (χ1n) is 9.25. The highest BCUT2D eigenvalue weighted by molar-refractivity contribution is 6.76. The van der Waals surface area contributed by atoms with Gasteiger partial charge in [0.05, 0.1) is 18.2 Å². The summed E-state index contributed by atoms with van der Waals surface area (Å²) < 4.78 is 27.5. The minimum atomic E-state index is -1.15. The zero-order chi connectivity index (χ0) is 19.3. The molecule has 0 aliphatic heterocycles. The van der Waals surface area contributed by atoms with E-state index in [4.69, 9.17) is 9.47 Å². The lowest BCUT2D eigenvalue weighted by Crippen LogP contribution is -2.22. The highest BCUT2D eigenvalue weighted by atomic mass is 28.3. The highest BCUT2D eigenvalue weighted by Crippen LogP contribution is 2.31. The van der Waals surface area contributed by atoms with Crippen molar-refractivity contribution in [2.45, 2.75) is 45.8 Å². The van der Waals surface area contributed by atoms with Crippen LogP contribution >= 0.6 is 0 Å². The van der Waals surface area contributed by atoms with Gasteiger partial charge in [-0.05, 0) is 31.8 Å². The third kappa shape index (κ3) is 5.28. The monoisotopic (exact) mass is 381 g/mol. The maximum absolute atomic E-state index is 14.6. The van der Waals surface area contributed by atoms with E-state index in [1.165, 1.54) is 6.07 Å². The Morgan fingerprint density at radius 3 is 2.62 bits per heavy atom. The maximum Gasteiger partial charge on any atom is 0.149 e. The second-order valence-corrected chi connectivity index (χ2v) is 13.5. The Kier molecular flexibility index (Phi) is 7.20. The van der Waals surface area contributed by atoms with Gasteiger partial charge in [0.15, 0.2) is 0 Å². The van der Waals surface area contributed by atoms with Crippen LogP contribution in [-0.2, 0) is 17.9 Å². The molecule has 0 fully saturated rings. The molecule has 1 aromatic heterocycles. The molecule has 26 heavy (non-hydrogen) atoms. The van der Waals surface area contributed by atoms with Gasteiger partial charge in [-0.25, -0.2) is 9.07 Å². The van der Waals surface area contributed by atoms with Gasteiger partial charge in [-0.15, -0.1) is 0 Å². The normalized spacial score (nSPS) is 12.3. The van der Waals surface area contributed by atoms with Crippen LogP contribution in [0, 0.1) is 5.82 Å². The molecule has 0 bridgehead atoms. The zero-order valence-corrected chi connectivity index (χ0v) is 17.9. The van der Waals surface area contributed by atoms with E-state index in [1.807, 2.05) is 0 Å². The molecule has 0 saturated heterocycles. The van der Waals surface area contributed by atoms with Crippen molar-refractivity contribution in [2.75, 3.05) is 33.9 Å². The lowest BCUT2D eigenvalue weighted by atomic mass is 10.1. The topological polar surface area (TPSA) is 39.5 Å². The van der Waals surface area contributed by atoms with Gasteiger partial charge in [0.1, 0.15) is 23.8 Å². The lowest BCUT2D eigenvalue weighted by Gasteiger charge is -2.15. The van der Waals surface area contributed by atoms with E-state index in [1.54, 1.807) is 17.9 Å². The SMILES string of the molecule is CCN(C)CCc1nn(COCC[Si](C)(C)C)c2c(F)ccc(OC)c12. The molecule has 0 aliphatic rings. The average Bonchev–Trinajstić information content (AvgIpc) is 2.96. The third-order valence-corrected chi connectivity index (χ3v) is 6.28. The molecule has 0 aliphatic carbocycles. The maximum atomic E-state index is 14.6. The number of nitrogens with zero attached hydrogens (tertiary/aromatic N) is 3. The number of aromatic nitrogens is 2. The third-order valence-electron chi connectivity index (χ3n) is 4.58. The molecule has 0 N–H and O–H groups in total. The molecule has 0 atom stereocenters. The van der Waals surface area contributed by atoms with Crippen LogP contribution in [0.3, 0.4) is 0 Å². The van der Waals surface area contributed by atoms with Crippen LogP contribution in [0.2, 0.25) is 25.7 Å². The Bertz CT molecular complexity index is 728. The molecular weight excluding hydrogens is 349 g/mol. The fourth-order valence-corrected chi connectivity index (χ4v) is 3.50. The van der Waals surface area contributed by atoms with Crippen molar-refractivity contribution in [3.8, 4) is 5.75 Å². The number of ether oxygens (including phenoxy) is 2. The van der Waals surface area contributed by atoms with Crippen LogP contribution in [0.5, 0.6) is 5.75 Å². The fraction of sp³-hybridized carbons (Fsp3) is 0.632. The van der Waals surface area contributed by atoms with Gasteiger partial charge in [0.25, 0.3) is 0 Å². The Morgan fingerprint density at radius 1 is 1.27 bits per heavy atom. The van der Waals surface area contributed by atoms with Crippen LogP contribution in [0.25, 0.3) is 10.9 Å². The van der Waals surface area contributed by atoms with Crippen molar-refractivity contribution in [3.05, 3.63) is 23.6 Å². The average molecular weight is 382 g/mol. The summed E-state index contributed by atoms with van der Waals surface area (Å²) in [6.45, 7) is 11.8. The Labute approximate surface area is 157 Å². The highest BCUT2D eigenvalue weighted by Gasteiger charge is 2.19. The van der Waals surface area contributed by atoms with E-state index in [0.717, 1.165) is 36.6 Å². The van der Waals surface area contributed by atoms with Gasteiger partial charge in [-0.1, -0.05) is 26.6 Å². The molecule has 7 heteroatoms. The Morgan fingerprint density at radius 2 is 2.00 bits per heavy atom. The zero-order valence-electron chi connectivity index (χ0n) is 16.9. The smallest absolute Gasteiger partial charge is 0.149 e. The van der Waals surface area contributed by atoms with Crippen LogP contribution in [0.15, 0.2) is 12.1 Å². The summed E-state index contributed by atoms with van der Waals surface area (Å²) in [6.07, 6.45) is 0.739. The van der Waals surface area contributed by atoms with Crippen LogP contribution in [-0.4, -0.2) is 56.6 Å². The summed E-state index contributed by atoms with van der Waals surface area (Å²) >= 11 is 0. The van der Waals surface area contributed by atoms with Crippen molar-refractivity contribution >= 4 is 19.0 Å². The summed E-state index contributed by atoms with van der Waals surface area (Å²) in [7, 11) is 2.52. The fourth-order valence-electron chi connectivity index (χ4n) is 2.75. The van der Waals surface area contributed by atoms with Crippen LogP contribution in [0.1, 0.15) is 12.6 Å². The largest absolute Gasteiger partial charge is 0.496 e. The molecule has 1 heterocycles. The molecule has 1 aromatic carbocycles. The summed E-state index contributed by atoms with van der Waals surface area (Å²) in [6, 6.07) is 4.18. The van der Waals surface area contributed by atoms with Gasteiger partial charge in [0, 0.05) is 27.6 Å². The molecule has 0 spiro atoms. The number of rotatable bonds is 10. The molecule has 0 amide bonds. The molecule has 146 valence electrons. The summed E-state index contributed by atoms with van der Waals surface area (Å²) in [4.78, 5) is 2.21. The van der Waals surface area contributed by atoms with Crippen molar-refractivity contribution in [3.63, 3.8) is 0 Å². The van der Waals surface area contributed by atoms with Gasteiger partial charge in [-0.2, -0.15) is 5.10 Å². The van der Waals surface area contributed by atoms with Crippen LogP contribution < -0.4 is 4.74 Å². The molecule has 0 saturated carbocycles. The minimum Gasteiger partial charge on any atom is -0.496 e. The van der Waals surface area contributed by atoms with Crippen molar-refractivity contribution in [1.82, 2.24) is 14.7 Å². The second kappa shape index (κ2) is 8.97. The van der Waals surface area contributed by atoms with E-state index in [0.29, 0.717) is 17.9 Å². The van der Waals surface area contributed by atoms with E-state index < -0.39 is 8.07 Å². The number of hydrogen-bond acceptors (Lipinski definition) is 4. The van der Waals surface area contributed by atoms with Gasteiger partial charge >= 0.3 is 0 Å². The molecule has 2 rings (SSSR count). The minimum absolute atomic E-state index is 0.259. The first-order valence-corrected chi connectivity index (χ1v) is 13.0. The molecule has 0 radical (unpaired) electrons. The standard InChI is InChI=1S/C19H32FN3O2Si/c1-7-22(2)11-10-16-18-17(24-3)9-8-15(20)19(18)23(21-16)14-25-12-13-26(4,5)6/h8-9H,7,10-14H2,1-6H3. The molecule has 2 aromatic rings. The van der Waals surface area contributed by atoms with Gasteiger partial charge < -0.3 is 14.4 Å². The number of methoxy groups -OCH3 is 1. The number of halogens is 1. The van der Waals surface area contributed by atoms with E-state index in [2.05, 4.69) is 43.6 Å². The number of benzene rings is 1. The van der Waals surface area contributed by atoms with Crippen molar-refractivity contribution in [2.24, 2.45) is 0 Å². The quantitative estimate of drug-likeness (QED) is 0.461. The summed E-state index contributed by atoms with van der Waals surface area (Å²) in [5.74, 6) is 0.362. The second-order valence-electron chi connectivity index (χ2n) is 7.91. The predicted molar refractivity (Wildman–Crippen MR) is 107 cm³/mol. The first kappa shape index (κ1) is 20.9. The van der Waals surface area contributed by atoms with Gasteiger partial charge in [0.2, 0.25) is 0 Å². The Hall–Kier alpha value is -1.44. The summed E-state index contributed by atoms with van der Waals surface area (Å²) in [5, 5.41) is 5.41. The van der Waals surface area contributed by atoms with E-state index in [9.17, 15) is 4.39 Å². The van der Waals surface area contributed by atoms with Crippen molar-refractivity contribution < 1.29 is 13.9 Å². The number of likely N-dealkylation sites (N-methyl/N-ethyl adjacent to an activating group) is 1. The first-order chi connectivity index (χ1) is 12.3. The Balaban J connectivity index is 2.28. The lowest BCUT2D eigenvalue weighted by molar-refractivity contribution is 0.0810. The number of hydrogen-bond donors (Lipinski definition) is 0. The van der Waals surface area contributed by atoms with Gasteiger partial charge in [-0.3, -0.25) is 0 Å². The predicted octanol–water partition coefficient (Wildman–Crippen LogP) is 3.99. The van der Waals surface area contributed by atoms with E-state index in [-0.39, 0.29) is 12.5 Å².